The Morgan fingerprint density at radius 1 is 0.857 bits per heavy atom. The summed E-state index contributed by atoms with van der Waals surface area (Å²) in [6.07, 6.45) is 1.81. The fourth-order valence-electron chi connectivity index (χ4n) is 4.16. The molecule has 1 aliphatic rings. The smallest absolute Gasteiger partial charge is 0.271 e. The highest BCUT2D eigenvalue weighted by Gasteiger charge is 2.28. The molecule has 176 valence electrons. The average molecular weight is 486 g/mol. The first kappa shape index (κ1) is 22.6. The zero-order chi connectivity index (χ0) is 24.4. The summed E-state index contributed by atoms with van der Waals surface area (Å²) in [5, 5.41) is 8.98. The van der Waals surface area contributed by atoms with Crippen molar-refractivity contribution < 1.29 is 14.2 Å². The maximum Gasteiger partial charge on any atom is 0.271 e. The monoisotopic (exact) mass is 485 g/mol. The number of hydrogen-bond donors (Lipinski definition) is 0. The van der Waals surface area contributed by atoms with Gasteiger partial charge in [-0.25, -0.2) is 0 Å². The van der Waals surface area contributed by atoms with Crippen LogP contribution in [0.5, 0.6) is 17.2 Å². The molecule has 0 saturated heterocycles. The van der Waals surface area contributed by atoms with Crippen molar-refractivity contribution in [1.29, 1.82) is 0 Å². The lowest BCUT2D eigenvalue weighted by molar-refractivity contribution is 0.324. The summed E-state index contributed by atoms with van der Waals surface area (Å²) < 4.78 is 18.6. The van der Waals surface area contributed by atoms with Crippen LogP contribution in [0.2, 0.25) is 0 Å². The van der Waals surface area contributed by atoms with Gasteiger partial charge in [0.25, 0.3) is 5.56 Å². The SMILES string of the molecule is COc1cc(/C=c2/sc3n(c2=O)[C@@H](c2ccccc2)C(c2ccccc2)=NN=3)cc(OC)c1OC. The van der Waals surface area contributed by atoms with Gasteiger partial charge in [-0.15, -0.1) is 10.2 Å². The molecular formula is C27H23N3O4S. The number of benzene rings is 3. The summed E-state index contributed by atoms with van der Waals surface area (Å²) in [6, 6.07) is 22.9. The Morgan fingerprint density at radius 3 is 2.09 bits per heavy atom. The lowest BCUT2D eigenvalue weighted by Gasteiger charge is -2.22. The molecule has 5 rings (SSSR count). The number of aromatic nitrogens is 1. The summed E-state index contributed by atoms with van der Waals surface area (Å²) >= 11 is 1.30. The normalized spacial score (nSPS) is 15.1. The Morgan fingerprint density at radius 2 is 1.49 bits per heavy atom. The van der Waals surface area contributed by atoms with E-state index < -0.39 is 6.04 Å². The predicted molar refractivity (Wildman–Crippen MR) is 137 cm³/mol. The molecule has 0 amide bonds. The van der Waals surface area contributed by atoms with Gasteiger partial charge in [0.2, 0.25) is 10.6 Å². The van der Waals surface area contributed by atoms with E-state index in [9.17, 15) is 4.79 Å². The van der Waals surface area contributed by atoms with Crippen LogP contribution >= 0.6 is 11.3 Å². The van der Waals surface area contributed by atoms with Crippen molar-refractivity contribution in [2.24, 2.45) is 10.2 Å². The van der Waals surface area contributed by atoms with Crippen LogP contribution in [0.3, 0.4) is 0 Å². The fourth-order valence-corrected chi connectivity index (χ4v) is 5.11. The molecule has 0 bridgehead atoms. The number of methoxy groups -OCH3 is 3. The van der Waals surface area contributed by atoms with Crippen molar-refractivity contribution in [3.8, 4) is 17.2 Å². The number of rotatable bonds is 6. The Balaban J connectivity index is 1.70. The molecule has 1 atom stereocenters. The van der Waals surface area contributed by atoms with Gasteiger partial charge in [-0.1, -0.05) is 72.0 Å². The van der Waals surface area contributed by atoms with E-state index in [1.165, 1.54) is 11.3 Å². The van der Waals surface area contributed by atoms with Gasteiger partial charge in [0, 0.05) is 5.56 Å². The molecule has 2 heterocycles. The third-order valence-corrected chi connectivity index (χ3v) is 6.74. The first-order valence-corrected chi connectivity index (χ1v) is 11.7. The van der Waals surface area contributed by atoms with Gasteiger partial charge < -0.3 is 14.2 Å². The van der Waals surface area contributed by atoms with Crippen LogP contribution in [0.25, 0.3) is 6.08 Å². The highest BCUT2D eigenvalue weighted by atomic mass is 32.1. The van der Waals surface area contributed by atoms with E-state index in [1.54, 1.807) is 25.9 Å². The van der Waals surface area contributed by atoms with Crippen LogP contribution in [0.4, 0.5) is 0 Å². The minimum atomic E-state index is -0.392. The van der Waals surface area contributed by atoms with Gasteiger partial charge in [-0.05, 0) is 29.3 Å². The molecule has 0 radical (unpaired) electrons. The average Bonchev–Trinajstić information content (AvgIpc) is 3.23. The minimum Gasteiger partial charge on any atom is -0.493 e. The molecular weight excluding hydrogens is 462 g/mol. The first-order valence-electron chi connectivity index (χ1n) is 10.9. The third-order valence-electron chi connectivity index (χ3n) is 5.77. The number of thiazole rings is 1. The van der Waals surface area contributed by atoms with E-state index in [4.69, 9.17) is 14.2 Å². The molecule has 0 saturated carbocycles. The highest BCUT2D eigenvalue weighted by molar-refractivity contribution is 7.07. The number of nitrogens with zero attached hydrogens (tertiary/aromatic N) is 3. The van der Waals surface area contributed by atoms with Crippen LogP contribution in [0.1, 0.15) is 22.7 Å². The quantitative estimate of drug-likeness (QED) is 0.420. The predicted octanol–water partition coefficient (Wildman–Crippen LogP) is 3.39. The molecule has 0 unspecified atom stereocenters. The van der Waals surface area contributed by atoms with Crippen LogP contribution < -0.4 is 29.1 Å². The number of ether oxygens (including phenoxy) is 3. The zero-order valence-corrected chi connectivity index (χ0v) is 20.3. The van der Waals surface area contributed by atoms with Crippen LogP contribution in [-0.2, 0) is 0 Å². The molecule has 8 heteroatoms. The molecule has 1 aliphatic heterocycles. The van der Waals surface area contributed by atoms with Crippen molar-refractivity contribution in [2.45, 2.75) is 6.04 Å². The molecule has 7 nitrogen and oxygen atoms in total. The minimum absolute atomic E-state index is 0.139. The molecule has 0 N–H and O–H groups in total. The van der Waals surface area contributed by atoms with Crippen LogP contribution in [-0.4, -0.2) is 31.6 Å². The summed E-state index contributed by atoms with van der Waals surface area (Å²) in [7, 11) is 4.68. The summed E-state index contributed by atoms with van der Waals surface area (Å²) in [4.78, 5) is 14.3. The summed E-state index contributed by atoms with van der Waals surface area (Å²) in [6.45, 7) is 0. The first-order chi connectivity index (χ1) is 17.1. The van der Waals surface area contributed by atoms with Crippen molar-refractivity contribution in [1.82, 2.24) is 4.57 Å². The standard InChI is InChI=1S/C27H23N3O4S/c1-32-20-14-17(15-21(33-2)25(20)34-3)16-22-26(31)30-24(19-12-8-5-9-13-19)23(28-29-27(30)35-22)18-10-6-4-7-11-18/h4-16,24H,1-3H3/b22-16+/t24-/m0/s1. The summed E-state index contributed by atoms with van der Waals surface area (Å²) in [5.74, 6) is 1.52. The fraction of sp³-hybridized carbons (Fsp3) is 0.148. The Hall–Kier alpha value is -4.17. The van der Waals surface area contributed by atoms with E-state index in [2.05, 4.69) is 10.2 Å². The van der Waals surface area contributed by atoms with Gasteiger partial charge in [0.1, 0.15) is 6.04 Å². The largest absolute Gasteiger partial charge is 0.493 e. The second kappa shape index (κ2) is 9.60. The van der Waals surface area contributed by atoms with Crippen molar-refractivity contribution in [3.63, 3.8) is 0 Å². The number of hydrogen-bond acceptors (Lipinski definition) is 7. The second-order valence-electron chi connectivity index (χ2n) is 7.79. The number of fused-ring (bicyclic) bond motifs is 1. The Kier molecular flexibility index (Phi) is 6.20. The van der Waals surface area contributed by atoms with E-state index >= 15 is 0 Å². The third kappa shape index (κ3) is 4.13. The van der Waals surface area contributed by atoms with Gasteiger partial charge in [0.05, 0.1) is 31.6 Å². The maximum atomic E-state index is 13.8. The lowest BCUT2D eigenvalue weighted by Crippen LogP contribution is -2.40. The Bertz CT molecular complexity index is 1550. The van der Waals surface area contributed by atoms with Gasteiger partial charge >= 0.3 is 0 Å². The van der Waals surface area contributed by atoms with Crippen LogP contribution in [0, 0.1) is 0 Å². The zero-order valence-electron chi connectivity index (χ0n) is 19.5. The van der Waals surface area contributed by atoms with Gasteiger partial charge in [0.15, 0.2) is 11.5 Å². The van der Waals surface area contributed by atoms with E-state index in [0.717, 1.165) is 22.4 Å². The lowest BCUT2D eigenvalue weighted by atomic mass is 9.96. The highest BCUT2D eigenvalue weighted by Crippen LogP contribution is 2.38. The summed E-state index contributed by atoms with van der Waals surface area (Å²) in [5.41, 5.74) is 3.22. The maximum absolute atomic E-state index is 13.8. The topological polar surface area (TPSA) is 74.4 Å². The van der Waals surface area contributed by atoms with Crippen molar-refractivity contribution in [3.05, 3.63) is 109 Å². The van der Waals surface area contributed by atoms with Crippen molar-refractivity contribution >= 4 is 23.1 Å². The molecule has 3 aromatic carbocycles. The van der Waals surface area contributed by atoms with E-state index in [1.807, 2.05) is 78.9 Å². The van der Waals surface area contributed by atoms with E-state index in [0.29, 0.717) is 26.6 Å². The Labute approximate surface area is 205 Å². The molecule has 4 aromatic rings. The van der Waals surface area contributed by atoms with Crippen LogP contribution in [0.15, 0.2) is 87.8 Å². The van der Waals surface area contributed by atoms with Gasteiger partial charge in [-0.3, -0.25) is 9.36 Å². The van der Waals surface area contributed by atoms with Crippen molar-refractivity contribution in [2.75, 3.05) is 21.3 Å². The molecule has 1 aromatic heterocycles. The molecule has 0 fully saturated rings. The molecule has 35 heavy (non-hydrogen) atoms. The second-order valence-corrected chi connectivity index (χ2v) is 8.80. The van der Waals surface area contributed by atoms with E-state index in [-0.39, 0.29) is 5.56 Å². The van der Waals surface area contributed by atoms with Gasteiger partial charge in [-0.2, -0.15) is 0 Å². The molecule has 0 aliphatic carbocycles. The molecule has 0 spiro atoms.